The van der Waals surface area contributed by atoms with Crippen LogP contribution in [-0.2, 0) is 0 Å². The Morgan fingerprint density at radius 3 is 2.85 bits per heavy atom. The predicted molar refractivity (Wildman–Crippen MR) is 83.7 cm³/mol. The summed E-state index contributed by atoms with van der Waals surface area (Å²) in [5.74, 6) is 1.33. The van der Waals surface area contributed by atoms with Gasteiger partial charge in [-0.25, -0.2) is 4.98 Å². The molecule has 2 heterocycles. The molecule has 0 fully saturated rings. The monoisotopic (exact) mass is 325 g/mol. The van der Waals surface area contributed by atoms with Gasteiger partial charge in [0.05, 0.1) is 23.2 Å². The third-order valence-corrected chi connectivity index (χ3v) is 4.03. The van der Waals surface area contributed by atoms with Crippen LogP contribution in [0, 0.1) is 0 Å². The zero-order chi connectivity index (χ0) is 14.1. The summed E-state index contributed by atoms with van der Waals surface area (Å²) in [5, 5.41) is 6.78. The maximum atomic E-state index is 6.18. The number of anilines is 2. The molecule has 102 valence electrons. The molecule has 2 aromatic heterocycles. The van der Waals surface area contributed by atoms with Gasteiger partial charge >= 0.3 is 0 Å². The lowest BCUT2D eigenvalue weighted by Gasteiger charge is -2.10. The molecular formula is C13H9Cl2N3OS. The molecular weight excluding hydrogens is 317 g/mol. The molecule has 3 rings (SSSR count). The number of fused-ring (bicyclic) bond motifs is 1. The number of nitrogens with zero attached hydrogens (tertiary/aromatic N) is 2. The molecule has 0 bridgehead atoms. The van der Waals surface area contributed by atoms with Gasteiger partial charge in [0.15, 0.2) is 0 Å². The fourth-order valence-electron chi connectivity index (χ4n) is 1.78. The van der Waals surface area contributed by atoms with E-state index in [4.69, 9.17) is 27.9 Å². The fourth-order valence-corrected chi connectivity index (χ4v) is 2.93. The van der Waals surface area contributed by atoms with Crippen molar-refractivity contribution >= 4 is 56.3 Å². The summed E-state index contributed by atoms with van der Waals surface area (Å²) in [4.78, 5) is 9.21. The fraction of sp³-hybridized carbons (Fsp3) is 0.0769. The highest BCUT2D eigenvalue weighted by Crippen LogP contribution is 2.33. The first-order valence-corrected chi connectivity index (χ1v) is 7.32. The van der Waals surface area contributed by atoms with E-state index in [1.54, 1.807) is 25.3 Å². The van der Waals surface area contributed by atoms with Gasteiger partial charge in [-0.05, 0) is 35.2 Å². The second-order valence-corrected chi connectivity index (χ2v) is 5.59. The maximum absolute atomic E-state index is 6.18. The average molecular weight is 326 g/mol. The van der Waals surface area contributed by atoms with Crippen molar-refractivity contribution in [3.63, 3.8) is 0 Å². The molecule has 0 aliphatic rings. The first kappa shape index (κ1) is 13.4. The second kappa shape index (κ2) is 5.44. The van der Waals surface area contributed by atoms with Crippen molar-refractivity contribution in [3.8, 4) is 5.75 Å². The number of methoxy groups -OCH3 is 1. The Labute approximate surface area is 129 Å². The highest BCUT2D eigenvalue weighted by molar-refractivity contribution is 7.16. The number of hydrogen-bond donors (Lipinski definition) is 1. The lowest BCUT2D eigenvalue weighted by Crippen LogP contribution is -1.97. The van der Waals surface area contributed by atoms with Crippen molar-refractivity contribution < 1.29 is 4.74 Å². The number of ether oxygens (including phenoxy) is 1. The van der Waals surface area contributed by atoms with E-state index in [-0.39, 0.29) is 5.28 Å². The highest BCUT2D eigenvalue weighted by atomic mass is 35.5. The number of halogens is 2. The average Bonchev–Trinajstić information content (AvgIpc) is 2.89. The standard InChI is InChI=1S/C13H9Cl2N3OS/c1-19-7-2-3-9(14)10(6-7)16-11-8-4-5-20-12(8)18-13(15)17-11/h2-6H,1H3,(H,16,17,18). The van der Waals surface area contributed by atoms with Crippen LogP contribution in [0.5, 0.6) is 5.75 Å². The summed E-state index contributed by atoms with van der Waals surface area (Å²) in [6.45, 7) is 0. The van der Waals surface area contributed by atoms with E-state index in [0.717, 1.165) is 10.2 Å². The van der Waals surface area contributed by atoms with Gasteiger partial charge in [-0.15, -0.1) is 11.3 Å². The Hall–Kier alpha value is -1.56. The Morgan fingerprint density at radius 1 is 1.20 bits per heavy atom. The molecule has 0 amide bonds. The zero-order valence-corrected chi connectivity index (χ0v) is 12.7. The maximum Gasteiger partial charge on any atom is 0.225 e. The molecule has 0 spiro atoms. The van der Waals surface area contributed by atoms with Crippen LogP contribution < -0.4 is 10.1 Å². The normalized spacial score (nSPS) is 10.8. The van der Waals surface area contributed by atoms with Crippen LogP contribution in [-0.4, -0.2) is 17.1 Å². The van der Waals surface area contributed by atoms with Crippen LogP contribution in [0.1, 0.15) is 0 Å². The first-order chi connectivity index (χ1) is 9.67. The number of thiophene rings is 1. The largest absolute Gasteiger partial charge is 0.497 e. The summed E-state index contributed by atoms with van der Waals surface area (Å²) in [6.07, 6.45) is 0. The van der Waals surface area contributed by atoms with E-state index in [0.29, 0.717) is 22.3 Å². The van der Waals surface area contributed by atoms with E-state index < -0.39 is 0 Å². The van der Waals surface area contributed by atoms with Crippen LogP contribution >= 0.6 is 34.5 Å². The van der Waals surface area contributed by atoms with Crippen LogP contribution in [0.2, 0.25) is 10.3 Å². The molecule has 0 aliphatic heterocycles. The molecule has 1 N–H and O–H groups in total. The van der Waals surface area contributed by atoms with Gasteiger partial charge in [-0.3, -0.25) is 0 Å². The van der Waals surface area contributed by atoms with Crippen LogP contribution in [0.15, 0.2) is 29.6 Å². The third-order valence-electron chi connectivity index (χ3n) is 2.72. The molecule has 20 heavy (non-hydrogen) atoms. The van der Waals surface area contributed by atoms with Gasteiger partial charge in [0.25, 0.3) is 0 Å². The number of rotatable bonds is 3. The molecule has 3 aromatic rings. The van der Waals surface area contributed by atoms with Crippen molar-refractivity contribution in [1.82, 2.24) is 9.97 Å². The topological polar surface area (TPSA) is 47.0 Å². The van der Waals surface area contributed by atoms with Crippen LogP contribution in [0.25, 0.3) is 10.2 Å². The quantitative estimate of drug-likeness (QED) is 0.706. The molecule has 0 radical (unpaired) electrons. The van der Waals surface area contributed by atoms with E-state index in [1.807, 2.05) is 11.4 Å². The molecule has 1 aromatic carbocycles. The van der Waals surface area contributed by atoms with Crippen molar-refractivity contribution in [2.24, 2.45) is 0 Å². The molecule has 0 saturated carbocycles. The van der Waals surface area contributed by atoms with E-state index >= 15 is 0 Å². The Morgan fingerprint density at radius 2 is 2.05 bits per heavy atom. The van der Waals surface area contributed by atoms with E-state index in [1.165, 1.54) is 11.3 Å². The Bertz CT molecular complexity index is 775. The van der Waals surface area contributed by atoms with Gasteiger partial charge in [0.1, 0.15) is 16.4 Å². The summed E-state index contributed by atoms with van der Waals surface area (Å²) >= 11 is 13.6. The molecule has 7 heteroatoms. The minimum absolute atomic E-state index is 0.196. The SMILES string of the molecule is COc1ccc(Cl)c(Nc2nc(Cl)nc3sccc23)c1. The lowest BCUT2D eigenvalue weighted by atomic mass is 10.3. The Balaban J connectivity index is 2.07. The van der Waals surface area contributed by atoms with Gasteiger partial charge in [-0.2, -0.15) is 4.98 Å². The lowest BCUT2D eigenvalue weighted by molar-refractivity contribution is 0.415. The van der Waals surface area contributed by atoms with E-state index in [2.05, 4.69) is 15.3 Å². The highest BCUT2D eigenvalue weighted by Gasteiger charge is 2.10. The molecule has 4 nitrogen and oxygen atoms in total. The van der Waals surface area contributed by atoms with Crippen LogP contribution in [0.3, 0.4) is 0 Å². The van der Waals surface area contributed by atoms with Gasteiger partial charge in [0, 0.05) is 6.07 Å². The molecule has 0 aliphatic carbocycles. The van der Waals surface area contributed by atoms with Crippen molar-refractivity contribution in [3.05, 3.63) is 40.0 Å². The smallest absolute Gasteiger partial charge is 0.225 e. The van der Waals surface area contributed by atoms with Crippen LogP contribution in [0.4, 0.5) is 11.5 Å². The van der Waals surface area contributed by atoms with Crippen molar-refractivity contribution in [1.29, 1.82) is 0 Å². The summed E-state index contributed by atoms with van der Waals surface area (Å²) in [7, 11) is 1.60. The molecule has 0 atom stereocenters. The predicted octanol–water partition coefficient (Wildman–Crippen LogP) is 4.75. The van der Waals surface area contributed by atoms with Crippen molar-refractivity contribution in [2.45, 2.75) is 0 Å². The summed E-state index contributed by atoms with van der Waals surface area (Å²) < 4.78 is 5.19. The third kappa shape index (κ3) is 2.52. The number of hydrogen-bond acceptors (Lipinski definition) is 5. The number of nitrogens with one attached hydrogen (secondary N) is 1. The van der Waals surface area contributed by atoms with Gasteiger partial charge in [0.2, 0.25) is 5.28 Å². The first-order valence-electron chi connectivity index (χ1n) is 5.68. The van der Waals surface area contributed by atoms with Gasteiger partial charge in [-0.1, -0.05) is 11.6 Å². The summed E-state index contributed by atoms with van der Waals surface area (Å²) in [5.41, 5.74) is 0.702. The van der Waals surface area contributed by atoms with Gasteiger partial charge < -0.3 is 10.1 Å². The molecule has 0 saturated heterocycles. The van der Waals surface area contributed by atoms with E-state index in [9.17, 15) is 0 Å². The number of benzene rings is 1. The minimum atomic E-state index is 0.196. The minimum Gasteiger partial charge on any atom is -0.497 e. The van der Waals surface area contributed by atoms with Crippen molar-refractivity contribution in [2.75, 3.05) is 12.4 Å². The number of aromatic nitrogens is 2. The Kier molecular flexibility index (Phi) is 3.65. The second-order valence-electron chi connectivity index (χ2n) is 3.95. The molecule has 0 unspecified atom stereocenters. The zero-order valence-electron chi connectivity index (χ0n) is 10.4. The summed E-state index contributed by atoms with van der Waals surface area (Å²) in [6, 6.07) is 7.29.